The van der Waals surface area contributed by atoms with Gasteiger partial charge in [-0.15, -0.1) is 0 Å². The smallest absolute Gasteiger partial charge is 0.0700 e. The lowest BCUT2D eigenvalue weighted by molar-refractivity contribution is 0.0747. The van der Waals surface area contributed by atoms with Crippen molar-refractivity contribution in [1.82, 2.24) is 0 Å². The number of hydrogen-bond acceptors (Lipinski definition) is 4. The van der Waals surface area contributed by atoms with Gasteiger partial charge in [-0.2, -0.15) is 0 Å². The van der Waals surface area contributed by atoms with Crippen LogP contribution in [0.4, 0.5) is 0 Å². The first-order chi connectivity index (χ1) is 4.91. The zero-order chi connectivity index (χ0) is 8.24. The van der Waals surface area contributed by atoms with Crippen LogP contribution in [0, 0.1) is 0 Å². The molecule has 0 saturated heterocycles. The van der Waals surface area contributed by atoms with Crippen LogP contribution in [0.5, 0.6) is 0 Å². The molecule has 0 aromatic rings. The summed E-state index contributed by atoms with van der Waals surface area (Å²) in [6.45, 7) is 2.51. The zero-order valence-corrected chi connectivity index (χ0v) is 6.80. The fourth-order valence-corrected chi connectivity index (χ4v) is 0.328. The monoisotopic (exact) mass is 150 g/mol. The Morgan fingerprint density at radius 3 is 2.10 bits per heavy atom. The first-order valence-electron chi connectivity index (χ1n) is 3.26. The molecule has 0 aliphatic carbocycles. The van der Waals surface area contributed by atoms with Crippen molar-refractivity contribution in [2.75, 3.05) is 40.5 Å². The third-order valence-electron chi connectivity index (χ3n) is 0.694. The van der Waals surface area contributed by atoms with Gasteiger partial charge in [0.2, 0.25) is 0 Å². The molecule has 0 unspecified atom stereocenters. The van der Waals surface area contributed by atoms with E-state index in [4.69, 9.17) is 15.2 Å². The SMILES string of the molecule is CN.COCCOCCN. The highest BCUT2D eigenvalue weighted by Gasteiger charge is 1.81. The van der Waals surface area contributed by atoms with Crippen LogP contribution in [-0.2, 0) is 9.47 Å². The zero-order valence-electron chi connectivity index (χ0n) is 6.80. The molecule has 0 aliphatic heterocycles. The van der Waals surface area contributed by atoms with Crippen LogP contribution >= 0.6 is 0 Å². The normalized spacial score (nSPS) is 8.40. The van der Waals surface area contributed by atoms with Gasteiger partial charge in [0.25, 0.3) is 0 Å². The van der Waals surface area contributed by atoms with Crippen LogP contribution in [-0.4, -0.2) is 40.5 Å². The summed E-state index contributed by atoms with van der Waals surface area (Å²) < 4.78 is 9.70. The molecule has 0 aliphatic rings. The van der Waals surface area contributed by atoms with E-state index in [0.717, 1.165) is 0 Å². The van der Waals surface area contributed by atoms with Gasteiger partial charge in [-0.3, -0.25) is 0 Å². The topological polar surface area (TPSA) is 70.5 Å². The van der Waals surface area contributed by atoms with Gasteiger partial charge in [0.05, 0.1) is 19.8 Å². The Balaban J connectivity index is 0. The molecule has 64 valence electrons. The van der Waals surface area contributed by atoms with Crippen molar-refractivity contribution < 1.29 is 9.47 Å². The molecule has 0 radical (unpaired) electrons. The predicted molar refractivity (Wildman–Crippen MR) is 41.9 cm³/mol. The lowest BCUT2D eigenvalue weighted by Crippen LogP contribution is -2.11. The Morgan fingerprint density at radius 1 is 1.10 bits per heavy atom. The highest BCUT2D eigenvalue weighted by Crippen LogP contribution is 1.71. The van der Waals surface area contributed by atoms with Crippen LogP contribution in [0.25, 0.3) is 0 Å². The molecular weight excluding hydrogens is 132 g/mol. The van der Waals surface area contributed by atoms with Crippen LogP contribution in [0.3, 0.4) is 0 Å². The maximum Gasteiger partial charge on any atom is 0.0700 e. The standard InChI is InChI=1S/C5H13NO2.CH5N/c1-7-4-5-8-3-2-6;1-2/h2-6H2,1H3;2H2,1H3. The number of methoxy groups -OCH3 is 1. The van der Waals surface area contributed by atoms with E-state index in [0.29, 0.717) is 26.4 Å². The third-order valence-corrected chi connectivity index (χ3v) is 0.694. The Hall–Kier alpha value is -0.160. The summed E-state index contributed by atoms with van der Waals surface area (Å²) in [5.74, 6) is 0. The summed E-state index contributed by atoms with van der Waals surface area (Å²) in [4.78, 5) is 0. The molecule has 0 rings (SSSR count). The van der Waals surface area contributed by atoms with E-state index in [1.165, 1.54) is 7.05 Å². The van der Waals surface area contributed by atoms with E-state index in [2.05, 4.69) is 5.73 Å². The van der Waals surface area contributed by atoms with Gasteiger partial charge in [-0.05, 0) is 7.05 Å². The molecule has 0 saturated carbocycles. The average molecular weight is 150 g/mol. The Bertz CT molecular complexity index is 38.7. The van der Waals surface area contributed by atoms with Gasteiger partial charge in [0.1, 0.15) is 0 Å². The molecule has 4 nitrogen and oxygen atoms in total. The second-order valence-corrected chi connectivity index (χ2v) is 1.39. The molecule has 0 heterocycles. The minimum atomic E-state index is 0.587. The highest BCUT2D eigenvalue weighted by molar-refractivity contribution is 4.30. The molecule has 4 heteroatoms. The van der Waals surface area contributed by atoms with Gasteiger partial charge in [-0.1, -0.05) is 0 Å². The van der Waals surface area contributed by atoms with Crippen molar-refractivity contribution >= 4 is 0 Å². The first-order valence-corrected chi connectivity index (χ1v) is 3.26. The summed E-state index contributed by atoms with van der Waals surface area (Å²) >= 11 is 0. The number of ether oxygens (including phenoxy) is 2. The quantitative estimate of drug-likeness (QED) is 0.502. The maximum atomic E-state index is 5.14. The van der Waals surface area contributed by atoms with Gasteiger partial charge >= 0.3 is 0 Å². The molecule has 0 spiro atoms. The van der Waals surface area contributed by atoms with Crippen LogP contribution in [0.15, 0.2) is 0 Å². The van der Waals surface area contributed by atoms with E-state index in [1.807, 2.05) is 0 Å². The van der Waals surface area contributed by atoms with Crippen molar-refractivity contribution in [3.05, 3.63) is 0 Å². The predicted octanol–water partition coefficient (Wildman–Crippen LogP) is -0.817. The van der Waals surface area contributed by atoms with Crippen LogP contribution in [0.1, 0.15) is 0 Å². The highest BCUT2D eigenvalue weighted by atomic mass is 16.5. The van der Waals surface area contributed by atoms with Crippen LogP contribution in [0.2, 0.25) is 0 Å². The molecular formula is C6H18N2O2. The average Bonchev–Trinajstić information content (AvgIpc) is 2.02. The molecule has 0 aromatic carbocycles. The van der Waals surface area contributed by atoms with E-state index >= 15 is 0 Å². The Kier molecular flexibility index (Phi) is 19.9. The van der Waals surface area contributed by atoms with Gasteiger partial charge in [-0.25, -0.2) is 0 Å². The van der Waals surface area contributed by atoms with Gasteiger partial charge in [0.15, 0.2) is 0 Å². The molecule has 0 amide bonds. The summed E-state index contributed by atoms with van der Waals surface area (Å²) in [6.07, 6.45) is 0. The van der Waals surface area contributed by atoms with Crippen molar-refractivity contribution in [3.63, 3.8) is 0 Å². The maximum absolute atomic E-state index is 5.14. The van der Waals surface area contributed by atoms with E-state index < -0.39 is 0 Å². The van der Waals surface area contributed by atoms with Crippen molar-refractivity contribution in [1.29, 1.82) is 0 Å². The Morgan fingerprint density at radius 2 is 1.70 bits per heavy atom. The van der Waals surface area contributed by atoms with E-state index in [-0.39, 0.29) is 0 Å². The lowest BCUT2D eigenvalue weighted by Gasteiger charge is -1.98. The Labute approximate surface area is 62.5 Å². The lowest BCUT2D eigenvalue weighted by atomic mass is 10.7. The minimum absolute atomic E-state index is 0.587. The minimum Gasteiger partial charge on any atom is -0.382 e. The second kappa shape index (κ2) is 15.9. The van der Waals surface area contributed by atoms with Crippen LogP contribution < -0.4 is 11.5 Å². The third kappa shape index (κ3) is 15.7. The summed E-state index contributed by atoms with van der Waals surface area (Å²) in [5, 5.41) is 0. The molecule has 0 aromatic heterocycles. The largest absolute Gasteiger partial charge is 0.382 e. The van der Waals surface area contributed by atoms with E-state index in [9.17, 15) is 0 Å². The summed E-state index contributed by atoms with van der Waals surface area (Å²) in [7, 11) is 3.14. The number of hydrogen-bond donors (Lipinski definition) is 2. The molecule has 0 fully saturated rings. The van der Waals surface area contributed by atoms with Gasteiger partial charge in [0, 0.05) is 13.7 Å². The molecule has 4 N–H and O–H groups in total. The molecule has 0 atom stereocenters. The summed E-state index contributed by atoms with van der Waals surface area (Å²) in [6, 6.07) is 0. The number of rotatable bonds is 5. The molecule has 10 heavy (non-hydrogen) atoms. The second-order valence-electron chi connectivity index (χ2n) is 1.39. The number of nitrogens with two attached hydrogens (primary N) is 2. The van der Waals surface area contributed by atoms with Crippen molar-refractivity contribution in [2.45, 2.75) is 0 Å². The fraction of sp³-hybridized carbons (Fsp3) is 1.00. The van der Waals surface area contributed by atoms with E-state index in [1.54, 1.807) is 7.11 Å². The van der Waals surface area contributed by atoms with Crippen molar-refractivity contribution in [3.8, 4) is 0 Å². The molecule has 0 bridgehead atoms. The first kappa shape index (κ1) is 12.5. The summed E-state index contributed by atoms with van der Waals surface area (Å²) in [5.41, 5.74) is 9.64. The van der Waals surface area contributed by atoms with Crippen molar-refractivity contribution in [2.24, 2.45) is 11.5 Å². The fourth-order valence-electron chi connectivity index (χ4n) is 0.328. The van der Waals surface area contributed by atoms with Gasteiger partial charge < -0.3 is 20.9 Å².